The van der Waals surface area contributed by atoms with Gasteiger partial charge in [-0.05, 0) is 50.1 Å². The highest BCUT2D eigenvalue weighted by atomic mass is 32.2. The summed E-state index contributed by atoms with van der Waals surface area (Å²) in [6.07, 6.45) is 5.33. The van der Waals surface area contributed by atoms with Gasteiger partial charge in [0.2, 0.25) is 0 Å². The van der Waals surface area contributed by atoms with Crippen LogP contribution in [0.5, 0.6) is 5.75 Å². The first-order valence-electron chi connectivity index (χ1n) is 6.23. The fourth-order valence-electron chi connectivity index (χ4n) is 2.38. The molecule has 1 aromatic carbocycles. The quantitative estimate of drug-likeness (QED) is 0.883. The molecule has 1 aliphatic rings. The minimum Gasteiger partial charge on any atom is -0.507 e. The highest BCUT2D eigenvalue weighted by Crippen LogP contribution is 2.28. The summed E-state index contributed by atoms with van der Waals surface area (Å²) < 4.78 is 0. The molecule has 0 heterocycles. The SMILES string of the molecule is CSC1CCC(NC(=O)c2ccc(C)cc2O)C1. The predicted octanol–water partition coefficient (Wildman–Crippen LogP) is 2.71. The van der Waals surface area contributed by atoms with Crippen LogP contribution in [0.1, 0.15) is 35.2 Å². The van der Waals surface area contributed by atoms with Crippen LogP contribution >= 0.6 is 11.8 Å². The summed E-state index contributed by atoms with van der Waals surface area (Å²) in [5, 5.41) is 13.4. The molecule has 1 aromatic rings. The minimum atomic E-state index is -0.167. The van der Waals surface area contributed by atoms with Crippen LogP contribution in [0.25, 0.3) is 0 Å². The van der Waals surface area contributed by atoms with Crippen LogP contribution in [-0.2, 0) is 0 Å². The lowest BCUT2D eigenvalue weighted by molar-refractivity contribution is 0.0935. The average Bonchev–Trinajstić information content (AvgIpc) is 2.76. The van der Waals surface area contributed by atoms with Crippen LogP contribution in [0, 0.1) is 6.92 Å². The molecule has 1 amide bonds. The van der Waals surface area contributed by atoms with E-state index in [2.05, 4.69) is 11.6 Å². The second-order valence-electron chi connectivity index (χ2n) is 4.86. The van der Waals surface area contributed by atoms with Crippen LogP contribution in [-0.4, -0.2) is 28.6 Å². The molecule has 98 valence electrons. The molecule has 0 aliphatic heterocycles. The summed E-state index contributed by atoms with van der Waals surface area (Å²) in [7, 11) is 0. The van der Waals surface area contributed by atoms with E-state index in [1.165, 1.54) is 0 Å². The summed E-state index contributed by atoms with van der Waals surface area (Å²) in [5.41, 5.74) is 1.32. The summed E-state index contributed by atoms with van der Waals surface area (Å²) >= 11 is 1.86. The third-order valence-corrected chi connectivity index (χ3v) is 4.55. The number of rotatable bonds is 3. The number of amides is 1. The third kappa shape index (κ3) is 2.99. The summed E-state index contributed by atoms with van der Waals surface area (Å²) in [6.45, 7) is 1.89. The first kappa shape index (κ1) is 13.3. The van der Waals surface area contributed by atoms with Crippen molar-refractivity contribution in [3.8, 4) is 5.75 Å². The number of hydrogen-bond acceptors (Lipinski definition) is 3. The molecule has 2 rings (SSSR count). The lowest BCUT2D eigenvalue weighted by Gasteiger charge is -2.13. The standard InChI is InChI=1S/C14H19NO2S/c1-9-3-6-12(13(16)7-9)14(17)15-10-4-5-11(8-10)18-2/h3,6-7,10-11,16H,4-5,8H2,1-2H3,(H,15,17). The van der Waals surface area contributed by atoms with E-state index in [9.17, 15) is 9.90 Å². The van der Waals surface area contributed by atoms with E-state index in [1.54, 1.807) is 12.1 Å². The second kappa shape index (κ2) is 5.65. The molecule has 0 saturated heterocycles. The zero-order valence-corrected chi connectivity index (χ0v) is 11.6. The van der Waals surface area contributed by atoms with Crippen LogP contribution in [0.15, 0.2) is 18.2 Å². The Hall–Kier alpha value is -1.16. The van der Waals surface area contributed by atoms with Crippen molar-refractivity contribution in [2.75, 3.05) is 6.26 Å². The zero-order chi connectivity index (χ0) is 13.1. The maximum atomic E-state index is 12.0. The third-order valence-electron chi connectivity index (χ3n) is 3.45. The first-order chi connectivity index (χ1) is 8.60. The van der Waals surface area contributed by atoms with Crippen LogP contribution in [0.3, 0.4) is 0 Å². The highest BCUT2D eigenvalue weighted by Gasteiger charge is 2.26. The molecule has 2 N–H and O–H groups in total. The Morgan fingerprint density at radius 3 is 2.83 bits per heavy atom. The number of phenols is 1. The van der Waals surface area contributed by atoms with Gasteiger partial charge in [-0.1, -0.05) is 6.07 Å². The molecular weight excluding hydrogens is 246 g/mol. The van der Waals surface area contributed by atoms with E-state index < -0.39 is 0 Å². The number of nitrogens with one attached hydrogen (secondary N) is 1. The zero-order valence-electron chi connectivity index (χ0n) is 10.8. The Morgan fingerprint density at radius 1 is 1.44 bits per heavy atom. The van der Waals surface area contributed by atoms with E-state index in [-0.39, 0.29) is 17.7 Å². The smallest absolute Gasteiger partial charge is 0.255 e. The molecule has 2 unspecified atom stereocenters. The van der Waals surface area contributed by atoms with Gasteiger partial charge in [0.1, 0.15) is 5.75 Å². The molecule has 0 bridgehead atoms. The number of aryl methyl sites for hydroxylation is 1. The van der Waals surface area contributed by atoms with Gasteiger partial charge in [-0.25, -0.2) is 0 Å². The Balaban J connectivity index is 2.00. The molecule has 0 radical (unpaired) electrons. The molecule has 3 nitrogen and oxygen atoms in total. The molecular formula is C14H19NO2S. The fraction of sp³-hybridized carbons (Fsp3) is 0.500. The van der Waals surface area contributed by atoms with Crippen molar-refractivity contribution in [3.63, 3.8) is 0 Å². The van der Waals surface area contributed by atoms with Gasteiger partial charge < -0.3 is 10.4 Å². The van der Waals surface area contributed by atoms with Crippen molar-refractivity contribution in [2.45, 2.75) is 37.5 Å². The Bertz CT molecular complexity index is 447. The number of carbonyl (C=O) groups is 1. The normalized spacial score (nSPS) is 23.0. The van der Waals surface area contributed by atoms with E-state index >= 15 is 0 Å². The summed E-state index contributed by atoms with van der Waals surface area (Å²) in [6, 6.07) is 5.39. The van der Waals surface area contributed by atoms with Crippen molar-refractivity contribution in [1.29, 1.82) is 0 Å². The number of aromatic hydroxyl groups is 1. The topological polar surface area (TPSA) is 49.3 Å². The molecule has 1 fully saturated rings. The van der Waals surface area contributed by atoms with Crippen LogP contribution < -0.4 is 5.32 Å². The molecule has 0 spiro atoms. The lowest BCUT2D eigenvalue weighted by atomic mass is 10.1. The summed E-state index contributed by atoms with van der Waals surface area (Å²) in [4.78, 5) is 12.0. The fourth-order valence-corrected chi connectivity index (χ4v) is 3.18. The molecule has 18 heavy (non-hydrogen) atoms. The van der Waals surface area contributed by atoms with Crippen molar-refractivity contribution in [1.82, 2.24) is 5.32 Å². The second-order valence-corrected chi connectivity index (χ2v) is 6.00. The number of carbonyl (C=O) groups excluding carboxylic acids is 1. The van der Waals surface area contributed by atoms with Gasteiger partial charge in [0.25, 0.3) is 5.91 Å². The van der Waals surface area contributed by atoms with Gasteiger partial charge in [-0.3, -0.25) is 4.79 Å². The van der Waals surface area contributed by atoms with E-state index in [4.69, 9.17) is 0 Å². The Labute approximate surface area is 112 Å². The van der Waals surface area contributed by atoms with Gasteiger partial charge in [-0.15, -0.1) is 0 Å². The van der Waals surface area contributed by atoms with E-state index in [0.29, 0.717) is 10.8 Å². The maximum absolute atomic E-state index is 12.0. The monoisotopic (exact) mass is 265 g/mol. The largest absolute Gasteiger partial charge is 0.507 e. The van der Waals surface area contributed by atoms with Crippen molar-refractivity contribution < 1.29 is 9.90 Å². The highest BCUT2D eigenvalue weighted by molar-refractivity contribution is 7.99. The van der Waals surface area contributed by atoms with Gasteiger partial charge in [0, 0.05) is 11.3 Å². The number of hydrogen-bond donors (Lipinski definition) is 2. The van der Waals surface area contributed by atoms with E-state index in [0.717, 1.165) is 24.8 Å². The van der Waals surface area contributed by atoms with Crippen molar-refractivity contribution >= 4 is 17.7 Å². The Kier molecular flexibility index (Phi) is 4.17. The van der Waals surface area contributed by atoms with Gasteiger partial charge >= 0.3 is 0 Å². The first-order valence-corrected chi connectivity index (χ1v) is 7.52. The van der Waals surface area contributed by atoms with Gasteiger partial charge in [0.15, 0.2) is 0 Å². The van der Waals surface area contributed by atoms with Crippen LogP contribution in [0.2, 0.25) is 0 Å². The Morgan fingerprint density at radius 2 is 2.22 bits per heavy atom. The molecule has 1 saturated carbocycles. The number of thioether (sulfide) groups is 1. The summed E-state index contributed by atoms with van der Waals surface area (Å²) in [5.74, 6) is -0.105. The molecule has 1 aliphatic carbocycles. The minimum absolute atomic E-state index is 0.0620. The molecule has 4 heteroatoms. The molecule has 2 atom stereocenters. The number of phenolic OH excluding ortho intramolecular Hbond substituents is 1. The van der Waals surface area contributed by atoms with Crippen molar-refractivity contribution in [3.05, 3.63) is 29.3 Å². The number of benzene rings is 1. The average molecular weight is 265 g/mol. The van der Waals surface area contributed by atoms with Gasteiger partial charge in [0.05, 0.1) is 5.56 Å². The molecule has 0 aromatic heterocycles. The van der Waals surface area contributed by atoms with Gasteiger partial charge in [-0.2, -0.15) is 11.8 Å². The predicted molar refractivity (Wildman–Crippen MR) is 75.3 cm³/mol. The lowest BCUT2D eigenvalue weighted by Crippen LogP contribution is -2.33. The van der Waals surface area contributed by atoms with E-state index in [1.807, 2.05) is 24.8 Å². The maximum Gasteiger partial charge on any atom is 0.255 e. The van der Waals surface area contributed by atoms with Crippen LogP contribution in [0.4, 0.5) is 0 Å². The van der Waals surface area contributed by atoms with Crippen molar-refractivity contribution in [2.24, 2.45) is 0 Å².